The Labute approximate surface area is 262 Å². The summed E-state index contributed by atoms with van der Waals surface area (Å²) >= 11 is 0. The quantitative estimate of drug-likeness (QED) is 0.0970. The van der Waals surface area contributed by atoms with Crippen molar-refractivity contribution < 1.29 is 35.4 Å². The van der Waals surface area contributed by atoms with Crippen molar-refractivity contribution in [3.8, 4) is 5.75 Å². The highest BCUT2D eigenvalue weighted by Gasteiger charge is 2.59. The Kier molecular flexibility index (Phi) is 11.8. The first-order valence-electron chi connectivity index (χ1n) is 15.4. The van der Waals surface area contributed by atoms with E-state index in [4.69, 9.17) is 5.11 Å². The summed E-state index contributed by atoms with van der Waals surface area (Å²) < 4.78 is 0. The molecule has 1 fully saturated rings. The number of aliphatic carboxylic acids is 1. The monoisotopic (exact) mass is 606 g/mol. The molecule has 0 unspecified atom stereocenters. The third-order valence-electron chi connectivity index (χ3n) is 9.49. The Morgan fingerprint density at radius 2 is 1.66 bits per heavy atom. The van der Waals surface area contributed by atoms with Gasteiger partial charge in [0, 0.05) is 29.7 Å². The Morgan fingerprint density at radius 1 is 1.02 bits per heavy atom. The van der Waals surface area contributed by atoms with E-state index in [0.29, 0.717) is 12.8 Å². The second-order valence-electron chi connectivity index (χ2n) is 13.6. The summed E-state index contributed by atoms with van der Waals surface area (Å²) in [6, 6.07) is 6.68. The average Bonchev–Trinajstić information content (AvgIpc) is 3.14. The van der Waals surface area contributed by atoms with Crippen LogP contribution in [0.1, 0.15) is 66.1 Å². The number of carboxylic acids is 1. The van der Waals surface area contributed by atoms with Crippen molar-refractivity contribution in [3.05, 3.63) is 102 Å². The van der Waals surface area contributed by atoms with Gasteiger partial charge in [0.1, 0.15) is 5.75 Å². The van der Waals surface area contributed by atoms with E-state index < -0.39 is 35.8 Å². The van der Waals surface area contributed by atoms with E-state index >= 15 is 0 Å². The summed E-state index contributed by atoms with van der Waals surface area (Å²) in [6.07, 6.45) is 15.9. The van der Waals surface area contributed by atoms with Gasteiger partial charge in [-0.05, 0) is 62.6 Å². The number of carbonyl (C=O) groups is 1. The predicted octanol–water partition coefficient (Wildman–Crippen LogP) is 6.03. The maximum absolute atomic E-state index is 11.8. The minimum atomic E-state index is -1.03. The van der Waals surface area contributed by atoms with Crippen molar-refractivity contribution >= 4 is 5.97 Å². The summed E-state index contributed by atoms with van der Waals surface area (Å²) in [5.74, 6) is -1.66. The minimum Gasteiger partial charge on any atom is -0.508 e. The molecule has 0 heterocycles. The van der Waals surface area contributed by atoms with Crippen molar-refractivity contribution in [2.75, 3.05) is 0 Å². The van der Waals surface area contributed by atoms with Crippen molar-refractivity contribution in [1.29, 1.82) is 0 Å². The molecule has 3 rings (SSSR count). The Morgan fingerprint density at radius 3 is 2.30 bits per heavy atom. The molecule has 0 amide bonds. The molecule has 1 aromatic carbocycles. The van der Waals surface area contributed by atoms with Gasteiger partial charge in [0.25, 0.3) is 0 Å². The smallest absolute Gasteiger partial charge is 0.328 e. The predicted molar refractivity (Wildman–Crippen MR) is 174 cm³/mol. The van der Waals surface area contributed by atoms with Crippen LogP contribution in [0.3, 0.4) is 0 Å². The molecule has 6 N–H and O–H groups in total. The molecule has 0 spiro atoms. The molecule has 7 heteroatoms. The molecule has 0 bridgehead atoms. The molecular formula is C37H50O7. The zero-order chi connectivity index (χ0) is 32.8. The number of hydrogen-bond acceptors (Lipinski definition) is 6. The molecule has 0 radical (unpaired) electrons. The number of aliphatic hydroxyl groups is 4. The van der Waals surface area contributed by atoms with E-state index in [1.54, 1.807) is 62.4 Å². The van der Waals surface area contributed by atoms with Gasteiger partial charge in [-0.3, -0.25) is 0 Å². The van der Waals surface area contributed by atoms with Crippen LogP contribution >= 0.6 is 0 Å². The van der Waals surface area contributed by atoms with Gasteiger partial charge >= 0.3 is 5.97 Å². The van der Waals surface area contributed by atoms with Gasteiger partial charge in [-0.15, -0.1) is 0 Å². The summed E-state index contributed by atoms with van der Waals surface area (Å²) in [6.45, 7) is 11.8. The highest BCUT2D eigenvalue weighted by Crippen LogP contribution is 2.62. The molecule has 2 aliphatic rings. The number of allylic oxidation sites excluding steroid dienone is 8. The third-order valence-corrected chi connectivity index (χ3v) is 9.49. The zero-order valence-electron chi connectivity index (χ0n) is 26.7. The summed E-state index contributed by atoms with van der Waals surface area (Å²) in [5, 5.41) is 62.7. The van der Waals surface area contributed by atoms with Gasteiger partial charge in [0.15, 0.2) is 0 Å². The molecule has 2 aliphatic carbocycles. The lowest BCUT2D eigenvalue weighted by atomic mass is 9.59. The number of phenols is 1. The molecule has 0 aromatic heterocycles. The highest BCUT2D eigenvalue weighted by molar-refractivity contribution is 5.80. The van der Waals surface area contributed by atoms with Gasteiger partial charge in [-0.25, -0.2) is 4.79 Å². The van der Waals surface area contributed by atoms with E-state index in [1.807, 2.05) is 19.1 Å². The van der Waals surface area contributed by atoms with Gasteiger partial charge < -0.3 is 30.6 Å². The summed E-state index contributed by atoms with van der Waals surface area (Å²) in [4.78, 5) is 10.6. The molecule has 240 valence electrons. The first kappa shape index (κ1) is 35.3. The Hall–Kier alpha value is -3.23. The Bertz CT molecular complexity index is 1310. The van der Waals surface area contributed by atoms with Crippen molar-refractivity contribution in [2.45, 2.75) is 78.3 Å². The minimum absolute atomic E-state index is 0.0263. The normalized spacial score (nSPS) is 30.1. The maximum Gasteiger partial charge on any atom is 0.328 e. The standard InChI is InChI=1S/C37H50O7/c1-23(14-20-32(41)42)13-19-31(40)25(3)30(39)12-10-8-7-9-11-28-24(2)21-29-34(36(4,5)22-37(29,6)44)33(28)35(43)26-15-17-27(38)18-16-26/h7-18,20-21,25,28-31,33-35,38-40,43-44H,19,22H2,1-6H3,(H,41,42)/b8-7-,11-9+,12-10+,20-14-,23-13+/t25-,28+,29+,30-,31-,33+,34+,35-,37+/m1/s1. The molecule has 9 atom stereocenters. The SMILES string of the molecule is CC1=C[C@H]2[C@@H]([C@@H]([C@H](O)c3ccc(O)cc3)[C@H]1/C=C/C=C\C=C\[C@@H](O)[C@@H](C)[C@H](O)C/C=C(C)/C=C\C(=O)O)C(C)(C)C[C@]2(C)O. The van der Waals surface area contributed by atoms with Crippen LogP contribution in [0.4, 0.5) is 0 Å². The molecule has 44 heavy (non-hydrogen) atoms. The van der Waals surface area contributed by atoms with Crippen LogP contribution in [0.25, 0.3) is 0 Å². The number of aliphatic hydroxyl groups excluding tert-OH is 3. The van der Waals surface area contributed by atoms with Crippen LogP contribution < -0.4 is 0 Å². The van der Waals surface area contributed by atoms with Crippen molar-refractivity contribution in [2.24, 2.45) is 35.0 Å². The van der Waals surface area contributed by atoms with Crippen LogP contribution in [0.5, 0.6) is 5.75 Å². The topological polar surface area (TPSA) is 138 Å². The van der Waals surface area contributed by atoms with Gasteiger partial charge in [-0.2, -0.15) is 0 Å². The van der Waals surface area contributed by atoms with Crippen LogP contribution in [-0.2, 0) is 4.79 Å². The number of carboxylic acid groups (broad SMARTS) is 1. The molecular weight excluding hydrogens is 556 g/mol. The second-order valence-corrected chi connectivity index (χ2v) is 13.6. The van der Waals surface area contributed by atoms with Crippen LogP contribution in [0.2, 0.25) is 0 Å². The van der Waals surface area contributed by atoms with E-state index in [0.717, 1.165) is 22.8 Å². The molecule has 7 nitrogen and oxygen atoms in total. The van der Waals surface area contributed by atoms with Crippen molar-refractivity contribution in [1.82, 2.24) is 0 Å². The molecule has 1 aromatic rings. The number of fused-ring (bicyclic) bond motifs is 1. The lowest BCUT2D eigenvalue weighted by Gasteiger charge is -2.46. The van der Waals surface area contributed by atoms with Crippen LogP contribution in [-0.4, -0.2) is 54.4 Å². The number of phenolic OH excluding ortho intramolecular Hbond substituents is 1. The lowest BCUT2D eigenvalue weighted by molar-refractivity contribution is -0.131. The number of benzene rings is 1. The first-order valence-corrected chi connectivity index (χ1v) is 15.4. The fourth-order valence-electron chi connectivity index (χ4n) is 7.25. The van der Waals surface area contributed by atoms with E-state index in [2.05, 4.69) is 32.9 Å². The number of hydrogen-bond donors (Lipinski definition) is 6. The third kappa shape index (κ3) is 8.69. The summed E-state index contributed by atoms with van der Waals surface area (Å²) in [7, 11) is 0. The average molecular weight is 607 g/mol. The fourth-order valence-corrected chi connectivity index (χ4v) is 7.25. The summed E-state index contributed by atoms with van der Waals surface area (Å²) in [5.41, 5.74) is 1.46. The Balaban J connectivity index is 1.74. The molecule has 0 saturated heterocycles. The number of aromatic hydroxyl groups is 1. The van der Waals surface area contributed by atoms with E-state index in [9.17, 15) is 30.3 Å². The zero-order valence-corrected chi connectivity index (χ0v) is 26.7. The van der Waals surface area contributed by atoms with Gasteiger partial charge in [0.05, 0.1) is 23.9 Å². The van der Waals surface area contributed by atoms with Crippen molar-refractivity contribution in [3.63, 3.8) is 0 Å². The van der Waals surface area contributed by atoms with Gasteiger partial charge in [0.2, 0.25) is 0 Å². The first-order chi connectivity index (χ1) is 20.5. The van der Waals surface area contributed by atoms with E-state index in [-0.39, 0.29) is 34.8 Å². The lowest BCUT2D eigenvalue weighted by Crippen LogP contribution is -2.43. The van der Waals surface area contributed by atoms with Crippen LogP contribution in [0.15, 0.2) is 96.2 Å². The molecule has 0 aliphatic heterocycles. The maximum atomic E-state index is 11.8. The largest absolute Gasteiger partial charge is 0.508 e. The van der Waals surface area contributed by atoms with E-state index in [1.165, 1.54) is 6.08 Å². The van der Waals surface area contributed by atoms with Crippen LogP contribution in [0, 0.1) is 35.0 Å². The highest BCUT2D eigenvalue weighted by atomic mass is 16.4. The fraction of sp³-hybridized carbons (Fsp3) is 0.486. The number of rotatable bonds is 12. The second kappa shape index (κ2) is 14.7. The van der Waals surface area contributed by atoms with Gasteiger partial charge in [-0.1, -0.05) is 98.7 Å². The molecule has 1 saturated carbocycles.